The maximum atomic E-state index is 11.6. The number of benzene rings is 1. The summed E-state index contributed by atoms with van der Waals surface area (Å²) in [5.41, 5.74) is 0.887. The van der Waals surface area contributed by atoms with Crippen molar-refractivity contribution < 1.29 is 14.3 Å². The number of unbranched alkanes of at least 4 members (excludes halogenated alkanes) is 5. The minimum atomic E-state index is -0.151. The molecule has 4 heteroatoms. The Labute approximate surface area is 151 Å². The number of methoxy groups -OCH3 is 1. The minimum absolute atomic E-state index is 0.151. The fourth-order valence-electron chi connectivity index (χ4n) is 2.38. The molecule has 25 heavy (non-hydrogen) atoms. The van der Waals surface area contributed by atoms with E-state index in [1.807, 2.05) is 18.2 Å². The third-order valence-electron chi connectivity index (χ3n) is 3.79. The average molecular weight is 345 g/mol. The first-order chi connectivity index (χ1) is 12.2. The van der Waals surface area contributed by atoms with Gasteiger partial charge in [0, 0.05) is 12.6 Å². The highest BCUT2D eigenvalue weighted by molar-refractivity contribution is 5.91. The summed E-state index contributed by atoms with van der Waals surface area (Å²) in [6.07, 6.45) is 12.3. The van der Waals surface area contributed by atoms with Gasteiger partial charge >= 0.3 is 0 Å². The van der Waals surface area contributed by atoms with Crippen LogP contribution in [0.4, 0.5) is 0 Å². The molecule has 0 aliphatic rings. The van der Waals surface area contributed by atoms with Crippen molar-refractivity contribution >= 4 is 12.0 Å². The lowest BCUT2D eigenvalue weighted by Gasteiger charge is -2.11. The first-order valence-electron chi connectivity index (χ1n) is 9.09. The zero-order valence-electron chi connectivity index (χ0n) is 15.6. The molecule has 0 spiro atoms. The molecule has 0 atom stereocenters. The van der Waals surface area contributed by atoms with E-state index in [9.17, 15) is 4.79 Å². The molecule has 138 valence electrons. The van der Waals surface area contributed by atoms with Crippen molar-refractivity contribution in [3.8, 4) is 11.5 Å². The number of hydrogen-bond acceptors (Lipinski definition) is 3. The fourth-order valence-corrected chi connectivity index (χ4v) is 2.38. The first-order valence-corrected chi connectivity index (χ1v) is 9.09. The van der Waals surface area contributed by atoms with Gasteiger partial charge in [-0.15, -0.1) is 6.58 Å². The van der Waals surface area contributed by atoms with Crippen LogP contribution in [0.1, 0.15) is 51.0 Å². The number of rotatable bonds is 13. The summed E-state index contributed by atoms with van der Waals surface area (Å²) in [5.74, 6) is 1.27. The molecule has 0 heterocycles. The zero-order chi connectivity index (χ0) is 18.3. The van der Waals surface area contributed by atoms with Crippen LogP contribution in [-0.2, 0) is 4.79 Å². The van der Waals surface area contributed by atoms with Gasteiger partial charge < -0.3 is 14.8 Å². The van der Waals surface area contributed by atoms with E-state index in [1.54, 1.807) is 19.3 Å². The Bertz CT molecular complexity index is 552. The van der Waals surface area contributed by atoms with Gasteiger partial charge in [0.25, 0.3) is 0 Å². The van der Waals surface area contributed by atoms with E-state index in [4.69, 9.17) is 9.47 Å². The topological polar surface area (TPSA) is 47.6 Å². The van der Waals surface area contributed by atoms with Crippen LogP contribution in [0.3, 0.4) is 0 Å². The Kier molecular flexibility index (Phi) is 10.9. The Balaban J connectivity index is 2.47. The van der Waals surface area contributed by atoms with E-state index in [0.717, 1.165) is 17.7 Å². The Morgan fingerprint density at radius 2 is 1.92 bits per heavy atom. The lowest BCUT2D eigenvalue weighted by atomic mass is 10.1. The van der Waals surface area contributed by atoms with Crippen LogP contribution in [-0.4, -0.2) is 26.2 Å². The molecule has 0 aliphatic heterocycles. The molecule has 1 aromatic rings. The van der Waals surface area contributed by atoms with E-state index < -0.39 is 0 Å². The molecule has 0 aromatic heterocycles. The van der Waals surface area contributed by atoms with Crippen LogP contribution in [0.2, 0.25) is 0 Å². The molecule has 0 aliphatic carbocycles. The molecule has 1 N–H and O–H groups in total. The fraction of sp³-hybridized carbons (Fsp3) is 0.476. The van der Waals surface area contributed by atoms with Crippen LogP contribution in [0, 0.1) is 0 Å². The van der Waals surface area contributed by atoms with Gasteiger partial charge in [0.05, 0.1) is 13.7 Å². The van der Waals surface area contributed by atoms with Crippen LogP contribution >= 0.6 is 0 Å². The van der Waals surface area contributed by atoms with Gasteiger partial charge in [-0.25, -0.2) is 0 Å². The Morgan fingerprint density at radius 3 is 2.64 bits per heavy atom. The predicted molar refractivity (Wildman–Crippen MR) is 104 cm³/mol. The van der Waals surface area contributed by atoms with Gasteiger partial charge in [0.15, 0.2) is 11.5 Å². The van der Waals surface area contributed by atoms with Crippen molar-refractivity contribution in [3.05, 3.63) is 42.5 Å². The van der Waals surface area contributed by atoms with E-state index in [1.165, 1.54) is 38.2 Å². The highest BCUT2D eigenvalue weighted by Gasteiger charge is 2.05. The van der Waals surface area contributed by atoms with Gasteiger partial charge in [-0.3, -0.25) is 4.79 Å². The number of nitrogens with one attached hydrogen (secondary N) is 1. The molecule has 0 bridgehead atoms. The van der Waals surface area contributed by atoms with Crippen molar-refractivity contribution in [2.75, 3.05) is 20.3 Å². The highest BCUT2D eigenvalue weighted by atomic mass is 16.5. The summed E-state index contributed by atoms with van der Waals surface area (Å²) < 4.78 is 11.2. The van der Waals surface area contributed by atoms with Gasteiger partial charge in [0.1, 0.15) is 0 Å². The molecule has 0 unspecified atom stereocenters. The summed E-state index contributed by atoms with van der Waals surface area (Å²) in [6, 6.07) is 5.67. The molecule has 1 aromatic carbocycles. The zero-order valence-corrected chi connectivity index (χ0v) is 15.6. The second-order valence-electron chi connectivity index (χ2n) is 5.89. The van der Waals surface area contributed by atoms with Crippen molar-refractivity contribution in [2.24, 2.45) is 0 Å². The largest absolute Gasteiger partial charge is 0.493 e. The molecule has 1 rings (SSSR count). The number of hydrogen-bond donors (Lipinski definition) is 1. The van der Waals surface area contributed by atoms with Crippen molar-refractivity contribution in [3.63, 3.8) is 0 Å². The first kappa shape index (κ1) is 20.8. The molecular formula is C21H31NO3. The molecule has 1 amide bonds. The third-order valence-corrected chi connectivity index (χ3v) is 3.79. The third kappa shape index (κ3) is 8.99. The van der Waals surface area contributed by atoms with Gasteiger partial charge in [-0.2, -0.15) is 0 Å². The predicted octanol–water partition coefficient (Wildman–Crippen LogP) is 4.75. The summed E-state index contributed by atoms with van der Waals surface area (Å²) in [4.78, 5) is 11.6. The molecule has 0 saturated carbocycles. The minimum Gasteiger partial charge on any atom is -0.493 e. The average Bonchev–Trinajstić information content (AvgIpc) is 2.64. The van der Waals surface area contributed by atoms with Crippen LogP contribution in [0.15, 0.2) is 36.9 Å². The second-order valence-corrected chi connectivity index (χ2v) is 5.89. The molecule has 0 saturated heterocycles. The second kappa shape index (κ2) is 13.1. The maximum absolute atomic E-state index is 11.6. The van der Waals surface area contributed by atoms with Gasteiger partial charge in [-0.1, -0.05) is 51.2 Å². The Hall–Kier alpha value is -2.23. The van der Waals surface area contributed by atoms with Gasteiger partial charge in [0.2, 0.25) is 5.91 Å². The number of amides is 1. The Morgan fingerprint density at radius 1 is 1.16 bits per heavy atom. The standard InChI is InChI=1S/C21H31NO3/c1-4-6-7-8-9-10-16-25-19-13-11-18(17-20(19)24-3)12-14-21(23)22-15-5-2/h5,11-14,17H,2,4,6-10,15-16H2,1,3H3,(H,22,23)/b14-12+. The summed E-state index contributed by atoms with van der Waals surface area (Å²) in [6.45, 7) is 6.94. The van der Waals surface area contributed by atoms with Crippen LogP contribution in [0.5, 0.6) is 11.5 Å². The van der Waals surface area contributed by atoms with E-state index in [-0.39, 0.29) is 5.91 Å². The smallest absolute Gasteiger partial charge is 0.244 e. The summed E-state index contributed by atoms with van der Waals surface area (Å²) in [5, 5.41) is 2.70. The summed E-state index contributed by atoms with van der Waals surface area (Å²) >= 11 is 0. The van der Waals surface area contributed by atoms with Crippen molar-refractivity contribution in [1.82, 2.24) is 5.32 Å². The lowest BCUT2D eigenvalue weighted by Crippen LogP contribution is -2.20. The molecule has 0 radical (unpaired) electrons. The van der Waals surface area contributed by atoms with E-state index in [0.29, 0.717) is 18.9 Å². The normalized spacial score (nSPS) is 10.6. The van der Waals surface area contributed by atoms with Crippen molar-refractivity contribution in [1.29, 1.82) is 0 Å². The number of carbonyl (C=O) groups is 1. The molecule has 4 nitrogen and oxygen atoms in total. The van der Waals surface area contributed by atoms with Crippen LogP contribution < -0.4 is 14.8 Å². The molecular weight excluding hydrogens is 314 g/mol. The SMILES string of the molecule is C=CCNC(=O)/C=C/c1ccc(OCCCCCCCC)c(OC)c1. The van der Waals surface area contributed by atoms with Gasteiger partial charge in [-0.05, 0) is 30.2 Å². The molecule has 0 fully saturated rings. The highest BCUT2D eigenvalue weighted by Crippen LogP contribution is 2.28. The quantitative estimate of drug-likeness (QED) is 0.319. The van der Waals surface area contributed by atoms with Crippen LogP contribution in [0.25, 0.3) is 6.08 Å². The van der Waals surface area contributed by atoms with E-state index >= 15 is 0 Å². The monoisotopic (exact) mass is 345 g/mol. The van der Waals surface area contributed by atoms with Crippen molar-refractivity contribution in [2.45, 2.75) is 45.4 Å². The maximum Gasteiger partial charge on any atom is 0.244 e. The number of carbonyl (C=O) groups excluding carboxylic acids is 1. The summed E-state index contributed by atoms with van der Waals surface area (Å²) in [7, 11) is 1.62. The number of ether oxygens (including phenoxy) is 2. The van der Waals surface area contributed by atoms with E-state index in [2.05, 4.69) is 18.8 Å². The lowest BCUT2D eigenvalue weighted by molar-refractivity contribution is -0.116.